The zero-order valence-electron chi connectivity index (χ0n) is 7.94. The molecule has 2 aromatic rings. The average molecular weight is 270 g/mol. The number of ether oxygens (including phenoxy) is 2. The van der Waals surface area contributed by atoms with Crippen molar-refractivity contribution in [1.29, 1.82) is 0 Å². The van der Waals surface area contributed by atoms with Gasteiger partial charge in [0.1, 0.15) is 0 Å². The number of hydrogen-bond donors (Lipinski definition) is 0. The van der Waals surface area contributed by atoms with Crippen molar-refractivity contribution in [3.63, 3.8) is 0 Å². The molecule has 1 aromatic heterocycles. The van der Waals surface area contributed by atoms with Gasteiger partial charge in [-0.1, -0.05) is 12.1 Å². The summed E-state index contributed by atoms with van der Waals surface area (Å²) in [6.07, 6.45) is 1.69. The monoisotopic (exact) mass is 269 g/mol. The highest BCUT2D eigenvalue weighted by molar-refractivity contribution is 9.10. The number of para-hydroxylation sites is 2. The summed E-state index contributed by atoms with van der Waals surface area (Å²) in [5, 5.41) is 0. The minimum absolute atomic E-state index is 0.173. The smallest absolute Gasteiger partial charge is 0.400 e. The Kier molecular flexibility index (Phi) is 2.91. The minimum Gasteiger partial charge on any atom is -0.493 e. The van der Waals surface area contributed by atoms with Crippen LogP contribution in [0.5, 0.6) is 17.6 Å². The lowest BCUT2D eigenvalue weighted by Crippen LogP contribution is -1.89. The molecule has 0 aliphatic rings. The number of hydrogen-bond acceptors (Lipinski definition) is 4. The van der Waals surface area contributed by atoms with Gasteiger partial charge in [-0.2, -0.15) is 4.98 Å². The summed E-state index contributed by atoms with van der Waals surface area (Å²) in [6.45, 7) is 0. The van der Waals surface area contributed by atoms with E-state index in [4.69, 9.17) is 13.9 Å². The fraction of sp³-hybridized carbons (Fsp3) is 0.100. The molecule has 0 saturated carbocycles. The second-order valence-electron chi connectivity index (χ2n) is 2.68. The van der Waals surface area contributed by atoms with Crippen LogP contribution in [0.3, 0.4) is 0 Å². The van der Waals surface area contributed by atoms with Gasteiger partial charge in [0.2, 0.25) is 0 Å². The van der Waals surface area contributed by atoms with Crippen LogP contribution in [0.1, 0.15) is 0 Å². The van der Waals surface area contributed by atoms with Crippen molar-refractivity contribution in [2.24, 2.45) is 0 Å². The van der Waals surface area contributed by atoms with Crippen LogP contribution in [-0.2, 0) is 0 Å². The van der Waals surface area contributed by atoms with E-state index in [9.17, 15) is 0 Å². The van der Waals surface area contributed by atoms with Crippen molar-refractivity contribution in [3.05, 3.63) is 35.1 Å². The number of oxazole rings is 1. The minimum atomic E-state index is 0.173. The second kappa shape index (κ2) is 4.35. The Morgan fingerprint density at radius 3 is 2.60 bits per heavy atom. The molecule has 0 atom stereocenters. The molecule has 0 bridgehead atoms. The zero-order chi connectivity index (χ0) is 10.7. The quantitative estimate of drug-likeness (QED) is 0.858. The summed E-state index contributed by atoms with van der Waals surface area (Å²) < 4.78 is 16.1. The standard InChI is InChI=1S/C10H8BrNO3/c1-13-7-4-2-3-5-8(7)14-10-12-6-9(11)15-10/h2-6H,1H3. The first-order valence-corrected chi connectivity index (χ1v) is 5.01. The van der Waals surface area contributed by atoms with E-state index >= 15 is 0 Å². The molecule has 1 aromatic carbocycles. The lowest BCUT2D eigenvalue weighted by atomic mass is 10.3. The normalized spacial score (nSPS) is 10.0. The maximum atomic E-state index is 5.39. The summed E-state index contributed by atoms with van der Waals surface area (Å²) in [4.78, 5) is 3.90. The van der Waals surface area contributed by atoms with Crippen LogP contribution < -0.4 is 9.47 Å². The lowest BCUT2D eigenvalue weighted by molar-refractivity contribution is 0.305. The van der Waals surface area contributed by atoms with E-state index in [1.807, 2.05) is 12.1 Å². The van der Waals surface area contributed by atoms with Gasteiger partial charge in [-0.3, -0.25) is 0 Å². The molecule has 4 nitrogen and oxygen atoms in total. The topological polar surface area (TPSA) is 44.5 Å². The van der Waals surface area contributed by atoms with Crippen LogP contribution >= 0.6 is 15.9 Å². The second-order valence-corrected chi connectivity index (χ2v) is 3.46. The van der Waals surface area contributed by atoms with Crippen LogP contribution in [0, 0.1) is 0 Å². The van der Waals surface area contributed by atoms with E-state index in [-0.39, 0.29) is 6.08 Å². The first-order chi connectivity index (χ1) is 7.29. The van der Waals surface area contributed by atoms with Crippen molar-refractivity contribution in [2.75, 3.05) is 7.11 Å². The summed E-state index contributed by atoms with van der Waals surface area (Å²) in [7, 11) is 1.58. The van der Waals surface area contributed by atoms with Crippen molar-refractivity contribution in [3.8, 4) is 17.6 Å². The molecule has 0 unspecified atom stereocenters. The Labute approximate surface area is 95.0 Å². The molecule has 78 valence electrons. The van der Waals surface area contributed by atoms with E-state index in [1.165, 1.54) is 6.20 Å². The number of halogens is 1. The third-order valence-corrected chi connectivity index (χ3v) is 2.09. The molecule has 0 saturated heterocycles. The zero-order valence-corrected chi connectivity index (χ0v) is 9.52. The van der Waals surface area contributed by atoms with Gasteiger partial charge in [0.05, 0.1) is 13.3 Å². The summed E-state index contributed by atoms with van der Waals surface area (Å²) >= 11 is 3.14. The fourth-order valence-electron chi connectivity index (χ4n) is 1.08. The lowest BCUT2D eigenvalue weighted by Gasteiger charge is -2.05. The molecule has 0 radical (unpaired) electrons. The molecule has 15 heavy (non-hydrogen) atoms. The Morgan fingerprint density at radius 2 is 2.00 bits per heavy atom. The Morgan fingerprint density at radius 1 is 1.27 bits per heavy atom. The summed E-state index contributed by atoms with van der Waals surface area (Å²) in [5.74, 6) is 1.20. The van der Waals surface area contributed by atoms with Crippen LogP contribution in [0.4, 0.5) is 0 Å². The van der Waals surface area contributed by atoms with Gasteiger partial charge >= 0.3 is 6.08 Å². The highest BCUT2D eigenvalue weighted by atomic mass is 79.9. The Hall–Kier alpha value is -1.49. The number of methoxy groups -OCH3 is 1. The van der Waals surface area contributed by atoms with Crippen molar-refractivity contribution in [2.45, 2.75) is 0 Å². The van der Waals surface area contributed by atoms with Crippen molar-refractivity contribution < 1.29 is 13.9 Å². The summed E-state index contributed by atoms with van der Waals surface area (Å²) in [5.41, 5.74) is 0. The molecule has 0 amide bonds. The first-order valence-electron chi connectivity index (χ1n) is 4.22. The molecule has 0 spiro atoms. The van der Waals surface area contributed by atoms with Crippen molar-refractivity contribution in [1.82, 2.24) is 4.98 Å². The number of aromatic nitrogens is 1. The molecule has 0 aliphatic carbocycles. The third-order valence-electron chi connectivity index (χ3n) is 1.72. The van der Waals surface area contributed by atoms with Gasteiger partial charge in [-0.25, -0.2) is 0 Å². The van der Waals surface area contributed by atoms with Gasteiger partial charge < -0.3 is 13.9 Å². The Balaban J connectivity index is 2.23. The molecular formula is C10H8BrNO3. The third kappa shape index (κ3) is 2.30. The number of nitrogens with zero attached hydrogens (tertiary/aromatic N) is 1. The maximum absolute atomic E-state index is 5.39. The van der Waals surface area contributed by atoms with Gasteiger partial charge in [-0.15, -0.1) is 0 Å². The maximum Gasteiger partial charge on any atom is 0.400 e. The molecular weight excluding hydrogens is 262 g/mol. The van der Waals surface area contributed by atoms with Crippen LogP contribution in [-0.4, -0.2) is 12.1 Å². The van der Waals surface area contributed by atoms with E-state index in [0.717, 1.165) is 0 Å². The molecule has 0 aliphatic heterocycles. The summed E-state index contributed by atoms with van der Waals surface area (Å²) in [6, 6.07) is 7.28. The van der Waals surface area contributed by atoms with E-state index in [1.54, 1.807) is 19.2 Å². The highest BCUT2D eigenvalue weighted by Crippen LogP contribution is 2.31. The molecule has 1 heterocycles. The predicted molar refractivity (Wildman–Crippen MR) is 57.3 cm³/mol. The average Bonchev–Trinajstić information content (AvgIpc) is 2.65. The van der Waals surface area contributed by atoms with Gasteiger partial charge in [0, 0.05) is 0 Å². The number of rotatable bonds is 3. The first kappa shape index (κ1) is 10.0. The van der Waals surface area contributed by atoms with E-state index in [2.05, 4.69) is 20.9 Å². The number of benzene rings is 1. The van der Waals surface area contributed by atoms with Crippen molar-refractivity contribution >= 4 is 15.9 Å². The van der Waals surface area contributed by atoms with Crippen LogP contribution in [0.15, 0.2) is 39.5 Å². The van der Waals surface area contributed by atoms with E-state index in [0.29, 0.717) is 16.2 Å². The molecule has 0 N–H and O–H groups in total. The molecule has 2 rings (SSSR count). The Bertz CT molecular complexity index is 455. The van der Waals surface area contributed by atoms with E-state index < -0.39 is 0 Å². The van der Waals surface area contributed by atoms with Gasteiger partial charge in [0.15, 0.2) is 16.2 Å². The predicted octanol–water partition coefficient (Wildman–Crippen LogP) is 3.24. The van der Waals surface area contributed by atoms with Crippen LogP contribution in [0.25, 0.3) is 0 Å². The SMILES string of the molecule is COc1ccccc1Oc1ncc(Br)o1. The fourth-order valence-corrected chi connectivity index (χ4v) is 1.32. The van der Waals surface area contributed by atoms with Gasteiger partial charge in [0.25, 0.3) is 0 Å². The molecule has 5 heteroatoms. The highest BCUT2D eigenvalue weighted by Gasteiger charge is 2.08. The molecule has 0 fully saturated rings. The van der Waals surface area contributed by atoms with Crippen LogP contribution in [0.2, 0.25) is 0 Å². The largest absolute Gasteiger partial charge is 0.493 e. The van der Waals surface area contributed by atoms with Gasteiger partial charge in [-0.05, 0) is 28.1 Å².